The van der Waals surface area contributed by atoms with Gasteiger partial charge in [-0.3, -0.25) is 4.90 Å². The van der Waals surface area contributed by atoms with Gasteiger partial charge in [-0.15, -0.1) is 5.10 Å². The Hall–Kier alpha value is -1.88. The van der Waals surface area contributed by atoms with E-state index in [-0.39, 0.29) is 0 Å². The van der Waals surface area contributed by atoms with E-state index < -0.39 is 0 Å². The van der Waals surface area contributed by atoms with Crippen LogP contribution in [0.5, 0.6) is 0 Å². The first-order valence-electron chi connectivity index (χ1n) is 7.60. The lowest BCUT2D eigenvalue weighted by molar-refractivity contribution is 0.164. The molecule has 1 aromatic carbocycles. The summed E-state index contributed by atoms with van der Waals surface area (Å²) in [7, 11) is 1.92. The van der Waals surface area contributed by atoms with E-state index in [2.05, 4.69) is 57.8 Å². The lowest BCUT2D eigenvalue weighted by Gasteiger charge is -2.37. The van der Waals surface area contributed by atoms with Gasteiger partial charge < -0.3 is 5.32 Å². The molecule has 0 aliphatic carbocycles. The first kappa shape index (κ1) is 14.1. The second-order valence-electron chi connectivity index (χ2n) is 5.98. The SMILES string of the molecule is CC1CN(Cc2ccccc2)CCC1Nc1cnnn1C. The molecule has 1 aliphatic rings. The monoisotopic (exact) mass is 285 g/mol. The van der Waals surface area contributed by atoms with Crippen molar-refractivity contribution in [1.82, 2.24) is 19.9 Å². The molecule has 0 spiro atoms. The number of aromatic nitrogens is 3. The van der Waals surface area contributed by atoms with Gasteiger partial charge in [-0.2, -0.15) is 0 Å². The molecule has 5 nitrogen and oxygen atoms in total. The molecule has 2 aromatic rings. The van der Waals surface area contributed by atoms with Crippen molar-refractivity contribution in [3.05, 3.63) is 42.1 Å². The van der Waals surface area contributed by atoms with E-state index in [1.54, 1.807) is 10.9 Å². The zero-order chi connectivity index (χ0) is 14.7. The summed E-state index contributed by atoms with van der Waals surface area (Å²) in [5.41, 5.74) is 1.40. The molecule has 0 saturated carbocycles. The van der Waals surface area contributed by atoms with Crippen LogP contribution in [0.2, 0.25) is 0 Å². The number of likely N-dealkylation sites (tertiary alicyclic amines) is 1. The zero-order valence-electron chi connectivity index (χ0n) is 12.7. The fraction of sp³-hybridized carbons (Fsp3) is 0.500. The number of rotatable bonds is 4. The molecule has 0 bridgehead atoms. The molecule has 2 atom stereocenters. The zero-order valence-corrected chi connectivity index (χ0v) is 12.7. The van der Waals surface area contributed by atoms with Gasteiger partial charge in [0.15, 0.2) is 0 Å². The van der Waals surface area contributed by atoms with Crippen molar-refractivity contribution < 1.29 is 0 Å². The molecular formula is C16H23N5. The molecule has 3 rings (SSSR count). The molecule has 1 saturated heterocycles. The second-order valence-corrected chi connectivity index (χ2v) is 5.98. The molecule has 5 heteroatoms. The second kappa shape index (κ2) is 6.26. The minimum absolute atomic E-state index is 0.495. The van der Waals surface area contributed by atoms with Crippen LogP contribution in [0, 0.1) is 5.92 Å². The highest BCUT2D eigenvalue weighted by Crippen LogP contribution is 2.22. The van der Waals surface area contributed by atoms with E-state index in [0.717, 1.165) is 31.9 Å². The lowest BCUT2D eigenvalue weighted by Crippen LogP contribution is -2.45. The van der Waals surface area contributed by atoms with Crippen molar-refractivity contribution in [2.45, 2.75) is 25.9 Å². The summed E-state index contributed by atoms with van der Waals surface area (Å²) in [6.07, 6.45) is 2.95. The Labute approximate surface area is 126 Å². The van der Waals surface area contributed by atoms with Gasteiger partial charge in [0.2, 0.25) is 0 Å². The van der Waals surface area contributed by atoms with E-state index >= 15 is 0 Å². The van der Waals surface area contributed by atoms with Crippen molar-refractivity contribution >= 4 is 5.82 Å². The normalized spacial score (nSPS) is 23.1. The van der Waals surface area contributed by atoms with Crippen LogP contribution in [0.3, 0.4) is 0 Å². The summed E-state index contributed by atoms with van der Waals surface area (Å²) in [6.45, 7) is 5.61. The van der Waals surface area contributed by atoms with Gasteiger partial charge in [0.25, 0.3) is 0 Å². The molecule has 2 unspecified atom stereocenters. The number of nitrogens with zero attached hydrogens (tertiary/aromatic N) is 4. The van der Waals surface area contributed by atoms with Crippen molar-refractivity contribution in [2.24, 2.45) is 13.0 Å². The molecule has 0 amide bonds. The lowest BCUT2D eigenvalue weighted by atomic mass is 9.93. The highest BCUT2D eigenvalue weighted by Gasteiger charge is 2.26. The van der Waals surface area contributed by atoms with Crippen molar-refractivity contribution in [3.63, 3.8) is 0 Å². The van der Waals surface area contributed by atoms with E-state index in [0.29, 0.717) is 12.0 Å². The maximum Gasteiger partial charge on any atom is 0.144 e. The number of nitrogens with one attached hydrogen (secondary N) is 1. The quantitative estimate of drug-likeness (QED) is 0.935. The Balaban J connectivity index is 1.56. The smallest absolute Gasteiger partial charge is 0.144 e. The van der Waals surface area contributed by atoms with Crippen LogP contribution < -0.4 is 5.32 Å². The molecule has 2 heterocycles. The van der Waals surface area contributed by atoms with Gasteiger partial charge in [0.1, 0.15) is 5.82 Å². The standard InChI is InChI=1S/C16H23N5/c1-13-11-21(12-14-6-4-3-5-7-14)9-8-15(13)18-16-10-17-19-20(16)2/h3-7,10,13,15,18H,8-9,11-12H2,1-2H3. The summed E-state index contributed by atoms with van der Waals surface area (Å²) in [6, 6.07) is 11.2. The van der Waals surface area contributed by atoms with Crippen LogP contribution in [-0.2, 0) is 13.6 Å². The highest BCUT2D eigenvalue weighted by molar-refractivity contribution is 5.32. The Morgan fingerprint density at radius 3 is 2.76 bits per heavy atom. The fourth-order valence-electron chi connectivity index (χ4n) is 3.04. The maximum absolute atomic E-state index is 3.97. The fourth-order valence-corrected chi connectivity index (χ4v) is 3.04. The van der Waals surface area contributed by atoms with Crippen molar-refractivity contribution in [2.75, 3.05) is 18.4 Å². The third kappa shape index (κ3) is 3.42. The molecule has 21 heavy (non-hydrogen) atoms. The van der Waals surface area contributed by atoms with E-state index in [1.807, 2.05) is 7.05 Å². The first-order chi connectivity index (χ1) is 10.2. The summed E-state index contributed by atoms with van der Waals surface area (Å²) in [5, 5.41) is 11.5. The van der Waals surface area contributed by atoms with Crippen LogP contribution in [0.4, 0.5) is 5.82 Å². The summed E-state index contributed by atoms with van der Waals surface area (Å²) < 4.78 is 1.79. The summed E-state index contributed by atoms with van der Waals surface area (Å²) in [5.74, 6) is 1.61. The minimum Gasteiger partial charge on any atom is -0.366 e. The van der Waals surface area contributed by atoms with Gasteiger partial charge in [0.05, 0.1) is 6.20 Å². The van der Waals surface area contributed by atoms with Crippen LogP contribution in [-0.4, -0.2) is 39.0 Å². The first-order valence-corrected chi connectivity index (χ1v) is 7.60. The summed E-state index contributed by atoms with van der Waals surface area (Å²) >= 11 is 0. The van der Waals surface area contributed by atoms with Crippen LogP contribution in [0.15, 0.2) is 36.5 Å². The third-order valence-corrected chi connectivity index (χ3v) is 4.29. The van der Waals surface area contributed by atoms with E-state index in [9.17, 15) is 0 Å². The Kier molecular flexibility index (Phi) is 4.20. The average molecular weight is 285 g/mol. The molecular weight excluding hydrogens is 262 g/mol. The number of benzene rings is 1. The molecule has 1 fully saturated rings. The van der Waals surface area contributed by atoms with E-state index in [1.165, 1.54) is 5.56 Å². The number of piperidine rings is 1. The van der Waals surface area contributed by atoms with Gasteiger partial charge in [-0.25, -0.2) is 4.68 Å². The third-order valence-electron chi connectivity index (χ3n) is 4.29. The molecule has 1 aromatic heterocycles. The van der Waals surface area contributed by atoms with Gasteiger partial charge >= 0.3 is 0 Å². The molecule has 0 radical (unpaired) electrons. The predicted octanol–water partition coefficient (Wildman–Crippen LogP) is 2.14. The summed E-state index contributed by atoms with van der Waals surface area (Å²) in [4.78, 5) is 2.54. The van der Waals surface area contributed by atoms with Crippen LogP contribution in [0.1, 0.15) is 18.9 Å². The molecule has 1 N–H and O–H groups in total. The number of hydrogen-bond donors (Lipinski definition) is 1. The number of aryl methyl sites for hydroxylation is 1. The Bertz CT molecular complexity index is 565. The maximum atomic E-state index is 3.97. The predicted molar refractivity (Wildman–Crippen MR) is 83.9 cm³/mol. The number of anilines is 1. The van der Waals surface area contributed by atoms with Gasteiger partial charge in [0, 0.05) is 32.7 Å². The molecule has 1 aliphatic heterocycles. The molecule has 112 valence electrons. The van der Waals surface area contributed by atoms with Crippen LogP contribution >= 0.6 is 0 Å². The minimum atomic E-state index is 0.495. The van der Waals surface area contributed by atoms with E-state index in [4.69, 9.17) is 0 Å². The van der Waals surface area contributed by atoms with Gasteiger partial charge in [-0.1, -0.05) is 42.5 Å². The Morgan fingerprint density at radius 2 is 2.10 bits per heavy atom. The van der Waals surface area contributed by atoms with Gasteiger partial charge in [-0.05, 0) is 17.9 Å². The largest absolute Gasteiger partial charge is 0.366 e. The highest BCUT2D eigenvalue weighted by atomic mass is 15.4. The van der Waals surface area contributed by atoms with Crippen molar-refractivity contribution in [1.29, 1.82) is 0 Å². The number of hydrogen-bond acceptors (Lipinski definition) is 4. The van der Waals surface area contributed by atoms with Crippen LogP contribution in [0.25, 0.3) is 0 Å². The average Bonchev–Trinajstić information content (AvgIpc) is 2.88. The Morgan fingerprint density at radius 1 is 1.29 bits per heavy atom. The van der Waals surface area contributed by atoms with Crippen molar-refractivity contribution in [3.8, 4) is 0 Å². The topological polar surface area (TPSA) is 46.0 Å².